The van der Waals surface area contributed by atoms with Gasteiger partial charge in [0.05, 0.1) is 11.2 Å². The van der Waals surface area contributed by atoms with Crippen LogP contribution in [0, 0.1) is 0 Å². The highest BCUT2D eigenvalue weighted by atomic mass is 16.7. The zero-order valence-corrected chi connectivity index (χ0v) is 17.0. The maximum absolute atomic E-state index is 6.59. The topological polar surface area (TPSA) is 18.5 Å². The Morgan fingerprint density at radius 2 is 1.38 bits per heavy atom. The second-order valence-corrected chi connectivity index (χ2v) is 9.94. The molecule has 1 aromatic rings. The number of rotatable bonds is 4. The summed E-state index contributed by atoms with van der Waals surface area (Å²) in [6, 6.07) is 11.0. The second kappa shape index (κ2) is 7.02. The highest BCUT2D eigenvalue weighted by Gasteiger charge is 2.57. The monoisotopic (exact) mass is 352 g/mol. The molecule has 2 nitrogen and oxygen atoms in total. The maximum atomic E-state index is 6.59. The number of benzene rings is 1. The van der Waals surface area contributed by atoms with Gasteiger partial charge in [-0.2, -0.15) is 0 Å². The predicted molar refractivity (Wildman–Crippen MR) is 111 cm³/mol. The summed E-state index contributed by atoms with van der Waals surface area (Å²) in [6.07, 6.45) is 9.56. The van der Waals surface area contributed by atoms with E-state index >= 15 is 0 Å². The fourth-order valence-electron chi connectivity index (χ4n) is 5.79. The summed E-state index contributed by atoms with van der Waals surface area (Å²) in [5.74, 6) is 1.74. The molecule has 3 aliphatic rings. The van der Waals surface area contributed by atoms with E-state index in [2.05, 4.69) is 58.0 Å². The van der Waals surface area contributed by atoms with Crippen molar-refractivity contribution in [2.45, 2.75) is 101 Å². The summed E-state index contributed by atoms with van der Waals surface area (Å²) in [7, 11) is -0.0774. The Morgan fingerprint density at radius 1 is 0.885 bits per heavy atom. The van der Waals surface area contributed by atoms with Gasteiger partial charge >= 0.3 is 7.12 Å². The zero-order chi connectivity index (χ0) is 18.4. The lowest BCUT2D eigenvalue weighted by atomic mass is 9.17. The lowest BCUT2D eigenvalue weighted by Gasteiger charge is -2.45. The van der Waals surface area contributed by atoms with E-state index in [1.165, 1.54) is 44.1 Å². The molecule has 3 saturated heterocycles. The van der Waals surface area contributed by atoms with E-state index in [-0.39, 0.29) is 18.3 Å². The van der Waals surface area contributed by atoms with Crippen molar-refractivity contribution >= 4 is 13.8 Å². The molecule has 4 heteroatoms. The van der Waals surface area contributed by atoms with Crippen LogP contribution in [-0.4, -0.2) is 25.0 Å². The highest BCUT2D eigenvalue weighted by molar-refractivity contribution is 6.77. The van der Waals surface area contributed by atoms with Crippen molar-refractivity contribution in [2.75, 3.05) is 0 Å². The quantitative estimate of drug-likeness (QED) is 0.635. The first-order valence-corrected chi connectivity index (χ1v) is 10.8. The third kappa shape index (κ3) is 3.40. The summed E-state index contributed by atoms with van der Waals surface area (Å²) >= 11 is 0. The van der Waals surface area contributed by atoms with Gasteiger partial charge in [-0.15, -0.1) is 0 Å². The SMILES string of the molecule is CC1(C)OB([C@@H](Cc2ccccc2)B2C3CCCC2CCC3)OC1(C)C. The van der Waals surface area contributed by atoms with Crippen LogP contribution in [0.2, 0.25) is 17.4 Å². The maximum Gasteiger partial charge on any atom is 0.453 e. The molecule has 0 saturated carbocycles. The first-order chi connectivity index (χ1) is 12.4. The molecule has 3 fully saturated rings. The minimum absolute atomic E-state index is 0.0774. The van der Waals surface area contributed by atoms with E-state index in [9.17, 15) is 0 Å². The third-order valence-electron chi connectivity index (χ3n) is 7.82. The summed E-state index contributed by atoms with van der Waals surface area (Å²) < 4.78 is 13.2. The van der Waals surface area contributed by atoms with Gasteiger partial charge in [-0.1, -0.05) is 80.5 Å². The van der Waals surface area contributed by atoms with E-state index in [4.69, 9.17) is 9.31 Å². The third-order valence-corrected chi connectivity index (χ3v) is 7.82. The molecule has 0 N–H and O–H groups in total. The first-order valence-electron chi connectivity index (χ1n) is 10.8. The largest absolute Gasteiger partial charge is 0.453 e. The normalized spacial score (nSPS) is 31.1. The van der Waals surface area contributed by atoms with Crippen LogP contribution in [0.15, 0.2) is 30.3 Å². The van der Waals surface area contributed by atoms with Gasteiger partial charge in [0, 0.05) is 0 Å². The van der Waals surface area contributed by atoms with E-state index < -0.39 is 0 Å². The molecule has 2 bridgehead atoms. The van der Waals surface area contributed by atoms with Crippen LogP contribution in [-0.2, 0) is 15.7 Å². The van der Waals surface area contributed by atoms with Gasteiger partial charge < -0.3 is 9.31 Å². The van der Waals surface area contributed by atoms with Crippen molar-refractivity contribution in [1.82, 2.24) is 0 Å². The minimum atomic E-state index is -0.240. The molecule has 0 unspecified atom stereocenters. The van der Waals surface area contributed by atoms with Gasteiger partial charge in [0.25, 0.3) is 0 Å². The van der Waals surface area contributed by atoms with E-state index in [1.807, 2.05) is 0 Å². The van der Waals surface area contributed by atoms with Crippen LogP contribution < -0.4 is 0 Å². The smallest absolute Gasteiger partial charge is 0.403 e. The molecule has 0 amide bonds. The molecule has 0 aliphatic carbocycles. The molecule has 4 rings (SSSR count). The van der Waals surface area contributed by atoms with Crippen molar-refractivity contribution in [2.24, 2.45) is 0 Å². The van der Waals surface area contributed by atoms with Crippen molar-refractivity contribution in [3.05, 3.63) is 35.9 Å². The molecule has 0 aromatic heterocycles. The van der Waals surface area contributed by atoms with Crippen molar-refractivity contribution < 1.29 is 9.31 Å². The molecule has 3 heterocycles. The van der Waals surface area contributed by atoms with Crippen LogP contribution in [0.25, 0.3) is 0 Å². The van der Waals surface area contributed by atoms with Crippen molar-refractivity contribution in [1.29, 1.82) is 0 Å². The Bertz CT molecular complexity index is 578. The zero-order valence-electron chi connectivity index (χ0n) is 17.0. The molecule has 3 aliphatic heterocycles. The van der Waals surface area contributed by atoms with Gasteiger partial charge in [0.15, 0.2) is 0 Å². The highest BCUT2D eigenvalue weighted by Crippen LogP contribution is 2.53. The fraction of sp³-hybridized carbons (Fsp3) is 0.727. The Balaban J connectivity index is 1.64. The molecule has 26 heavy (non-hydrogen) atoms. The molecule has 1 atom stereocenters. The van der Waals surface area contributed by atoms with Gasteiger partial charge in [-0.05, 0) is 45.4 Å². The van der Waals surface area contributed by atoms with E-state index in [0.717, 1.165) is 24.8 Å². The van der Waals surface area contributed by atoms with E-state index in [1.54, 1.807) is 0 Å². The molecule has 0 spiro atoms. The van der Waals surface area contributed by atoms with Crippen LogP contribution in [0.4, 0.5) is 0 Å². The molecule has 0 radical (unpaired) electrons. The van der Waals surface area contributed by atoms with E-state index in [0.29, 0.717) is 5.72 Å². The van der Waals surface area contributed by atoms with Gasteiger partial charge in [-0.3, -0.25) is 0 Å². The minimum Gasteiger partial charge on any atom is -0.403 e. The van der Waals surface area contributed by atoms with Crippen LogP contribution in [0.3, 0.4) is 0 Å². The average Bonchev–Trinajstić information content (AvgIpc) is 2.80. The molecular formula is C22H34B2O2. The Labute approximate surface area is 160 Å². The summed E-state index contributed by atoms with van der Waals surface area (Å²) in [5, 5.41) is 0. The number of hydrogen-bond acceptors (Lipinski definition) is 2. The number of hydrogen-bond donors (Lipinski definition) is 0. The van der Waals surface area contributed by atoms with Crippen LogP contribution >= 0.6 is 0 Å². The lowest BCUT2D eigenvalue weighted by molar-refractivity contribution is 0.00578. The second-order valence-electron chi connectivity index (χ2n) is 9.94. The first kappa shape index (κ1) is 18.6. The van der Waals surface area contributed by atoms with Gasteiger partial charge in [0.2, 0.25) is 0 Å². The van der Waals surface area contributed by atoms with Crippen molar-refractivity contribution in [3.63, 3.8) is 0 Å². The fourth-order valence-corrected chi connectivity index (χ4v) is 5.79. The Hall–Kier alpha value is -0.730. The standard InChI is InChI=1S/C22H34B2O2/c1-21(2)22(3,4)26-24(25-21)20(16-17-10-6-5-7-11-17)23-18-12-8-13-19(23)15-9-14-18/h5-7,10-11,18-20H,8-9,12-16H2,1-4H3/t18?,19?,20-/m0/s1. The van der Waals surface area contributed by atoms with Crippen LogP contribution in [0.5, 0.6) is 0 Å². The summed E-state index contributed by atoms with van der Waals surface area (Å²) in [6.45, 7) is 9.51. The molecular weight excluding hydrogens is 318 g/mol. The lowest BCUT2D eigenvalue weighted by Crippen LogP contribution is -2.46. The van der Waals surface area contributed by atoms with Gasteiger partial charge in [0.1, 0.15) is 6.71 Å². The predicted octanol–water partition coefficient (Wildman–Crippen LogP) is 5.83. The molecule has 1 aromatic carbocycles. The Kier molecular flexibility index (Phi) is 5.03. The van der Waals surface area contributed by atoms with Crippen LogP contribution in [0.1, 0.15) is 71.8 Å². The molecule has 140 valence electrons. The van der Waals surface area contributed by atoms with Gasteiger partial charge in [-0.25, -0.2) is 0 Å². The summed E-state index contributed by atoms with van der Waals surface area (Å²) in [4.78, 5) is 0. The Morgan fingerprint density at radius 3 is 1.88 bits per heavy atom. The van der Waals surface area contributed by atoms with Crippen molar-refractivity contribution in [3.8, 4) is 0 Å². The summed E-state index contributed by atoms with van der Waals surface area (Å²) in [5.41, 5.74) is 1.41. The average molecular weight is 352 g/mol. The number of fused-ring (bicyclic) bond motifs is 2.